The number of halogens is 2. The Morgan fingerprint density at radius 3 is 2.83 bits per heavy atom. The van der Waals surface area contributed by atoms with Gasteiger partial charge in [0.15, 0.2) is 5.13 Å². The molecule has 0 bridgehead atoms. The number of amides is 1. The van der Waals surface area contributed by atoms with Crippen molar-refractivity contribution in [1.29, 1.82) is 0 Å². The van der Waals surface area contributed by atoms with Crippen LogP contribution in [0.3, 0.4) is 0 Å². The first-order valence-electron chi connectivity index (χ1n) is 6.70. The summed E-state index contributed by atoms with van der Waals surface area (Å²) in [5.41, 5.74) is 2.04. The van der Waals surface area contributed by atoms with Crippen LogP contribution in [0.25, 0.3) is 10.6 Å². The molecule has 1 aromatic carbocycles. The molecule has 0 unspecified atom stereocenters. The van der Waals surface area contributed by atoms with E-state index >= 15 is 0 Å². The Morgan fingerprint density at radius 1 is 1.30 bits per heavy atom. The van der Waals surface area contributed by atoms with Gasteiger partial charge < -0.3 is 0 Å². The van der Waals surface area contributed by atoms with E-state index in [1.807, 2.05) is 47.7 Å². The Kier molecular flexibility index (Phi) is 4.67. The van der Waals surface area contributed by atoms with Gasteiger partial charge >= 0.3 is 0 Å². The number of anilines is 1. The lowest BCUT2D eigenvalue weighted by Crippen LogP contribution is -2.13. The van der Waals surface area contributed by atoms with E-state index in [0.717, 1.165) is 16.3 Å². The van der Waals surface area contributed by atoms with Crippen molar-refractivity contribution in [2.75, 3.05) is 5.32 Å². The maximum absolute atomic E-state index is 13.1. The van der Waals surface area contributed by atoms with E-state index in [1.54, 1.807) is 6.20 Å². The third kappa shape index (κ3) is 3.56. The third-order valence-corrected chi connectivity index (χ3v) is 5.08. The van der Waals surface area contributed by atoms with Gasteiger partial charge in [0.25, 0.3) is 5.91 Å². The molecule has 2 aromatic heterocycles. The zero-order chi connectivity index (χ0) is 16.4. The first-order valence-corrected chi connectivity index (χ1v) is 8.59. The Hall–Kier alpha value is -1.87. The second-order valence-electron chi connectivity index (χ2n) is 4.73. The summed E-state index contributed by atoms with van der Waals surface area (Å²) in [4.78, 5) is 21.9. The monoisotopic (exact) mass is 439 g/mol. The lowest BCUT2D eigenvalue weighted by Gasteiger charge is -2.04. The number of benzene rings is 1. The summed E-state index contributed by atoms with van der Waals surface area (Å²) in [7, 11) is 0. The van der Waals surface area contributed by atoms with Crippen LogP contribution in [0.4, 0.5) is 9.52 Å². The Balaban J connectivity index is 1.85. The van der Waals surface area contributed by atoms with Gasteiger partial charge in [0.2, 0.25) is 0 Å². The van der Waals surface area contributed by atoms with Crippen molar-refractivity contribution in [2.45, 2.75) is 6.92 Å². The highest BCUT2D eigenvalue weighted by Gasteiger charge is 2.15. The lowest BCUT2D eigenvalue weighted by atomic mass is 10.2. The molecule has 2 heterocycles. The fourth-order valence-corrected chi connectivity index (χ4v) is 3.68. The molecular weight excluding hydrogens is 428 g/mol. The minimum absolute atomic E-state index is 0.310. The largest absolute Gasteiger partial charge is 0.298 e. The molecule has 0 fully saturated rings. The summed E-state index contributed by atoms with van der Waals surface area (Å²) < 4.78 is 13.7. The van der Waals surface area contributed by atoms with E-state index in [0.29, 0.717) is 14.3 Å². The fraction of sp³-hybridized carbons (Fsp3) is 0.0625. The minimum atomic E-state index is -0.367. The zero-order valence-electron chi connectivity index (χ0n) is 12.0. The summed E-state index contributed by atoms with van der Waals surface area (Å²) in [6.45, 7) is 1.87. The van der Waals surface area contributed by atoms with Crippen molar-refractivity contribution >= 4 is 45.0 Å². The Morgan fingerprint density at radius 2 is 2.13 bits per heavy atom. The molecule has 4 nitrogen and oxygen atoms in total. The molecule has 3 rings (SSSR count). The van der Waals surface area contributed by atoms with Gasteiger partial charge in [-0.15, -0.1) is 0 Å². The molecule has 0 aliphatic heterocycles. The quantitative estimate of drug-likeness (QED) is 0.612. The van der Waals surface area contributed by atoms with Crippen molar-refractivity contribution in [2.24, 2.45) is 0 Å². The van der Waals surface area contributed by atoms with Gasteiger partial charge in [-0.2, -0.15) is 0 Å². The van der Waals surface area contributed by atoms with Crippen molar-refractivity contribution in [3.8, 4) is 10.6 Å². The molecule has 0 spiro atoms. The van der Waals surface area contributed by atoms with E-state index in [2.05, 4.69) is 15.3 Å². The summed E-state index contributed by atoms with van der Waals surface area (Å²) in [6, 6.07) is 9.70. The van der Waals surface area contributed by atoms with Crippen LogP contribution in [0.2, 0.25) is 0 Å². The molecule has 3 aromatic rings. The molecule has 0 aliphatic carbocycles. The van der Waals surface area contributed by atoms with Crippen molar-refractivity contribution in [3.63, 3.8) is 0 Å². The smallest absolute Gasteiger partial charge is 0.258 e. The first kappa shape index (κ1) is 16.0. The highest BCUT2D eigenvalue weighted by atomic mass is 127. The second-order valence-corrected chi connectivity index (χ2v) is 6.89. The van der Waals surface area contributed by atoms with Gasteiger partial charge in [-0.1, -0.05) is 17.4 Å². The molecule has 116 valence electrons. The van der Waals surface area contributed by atoms with E-state index in [4.69, 9.17) is 0 Å². The van der Waals surface area contributed by atoms with Gasteiger partial charge in [0, 0.05) is 9.77 Å². The van der Waals surface area contributed by atoms with Crippen molar-refractivity contribution in [3.05, 3.63) is 63.2 Å². The molecule has 1 N–H and O–H groups in total. The fourth-order valence-electron chi connectivity index (χ4n) is 2.02. The molecule has 0 saturated heterocycles. The van der Waals surface area contributed by atoms with Crippen LogP contribution in [0, 0.1) is 16.3 Å². The molecular formula is C16H11FIN3OS. The Bertz CT molecular complexity index is 867. The third-order valence-electron chi connectivity index (χ3n) is 3.09. The number of hydrogen-bond donors (Lipinski definition) is 1. The number of pyridine rings is 1. The topological polar surface area (TPSA) is 54.9 Å². The summed E-state index contributed by atoms with van der Waals surface area (Å²) >= 11 is 3.30. The molecule has 7 heteroatoms. The molecule has 0 radical (unpaired) electrons. The Labute approximate surface area is 149 Å². The van der Waals surface area contributed by atoms with Crippen LogP contribution < -0.4 is 5.32 Å². The average molecular weight is 439 g/mol. The number of nitrogens with one attached hydrogen (secondary N) is 1. The zero-order valence-corrected chi connectivity index (χ0v) is 15.0. The first-order chi connectivity index (χ1) is 11.0. The number of carbonyl (C=O) groups excluding carboxylic acids is 1. The number of thiazole rings is 1. The summed E-state index contributed by atoms with van der Waals surface area (Å²) in [5.74, 6) is -0.677. The van der Waals surface area contributed by atoms with Crippen molar-refractivity contribution in [1.82, 2.24) is 9.97 Å². The van der Waals surface area contributed by atoms with Crippen LogP contribution in [0.1, 0.15) is 16.1 Å². The maximum atomic E-state index is 13.1. The van der Waals surface area contributed by atoms with Gasteiger partial charge in [-0.25, -0.2) is 9.37 Å². The molecule has 23 heavy (non-hydrogen) atoms. The van der Waals surface area contributed by atoms with Gasteiger partial charge in [-0.3, -0.25) is 15.1 Å². The number of aromatic nitrogens is 2. The molecule has 0 aliphatic rings. The number of aryl methyl sites for hydroxylation is 1. The molecule has 0 atom stereocenters. The number of rotatable bonds is 3. The van der Waals surface area contributed by atoms with Gasteiger partial charge in [0.1, 0.15) is 5.82 Å². The van der Waals surface area contributed by atoms with E-state index in [9.17, 15) is 9.18 Å². The van der Waals surface area contributed by atoms with Gasteiger partial charge in [-0.05, 0) is 59.8 Å². The van der Waals surface area contributed by atoms with E-state index in [1.165, 1.54) is 29.5 Å². The summed E-state index contributed by atoms with van der Waals surface area (Å²) in [5, 5.41) is 3.26. The number of hydrogen-bond acceptors (Lipinski definition) is 4. The normalized spacial score (nSPS) is 10.6. The van der Waals surface area contributed by atoms with E-state index < -0.39 is 0 Å². The highest BCUT2D eigenvalue weighted by Crippen LogP contribution is 2.31. The highest BCUT2D eigenvalue weighted by molar-refractivity contribution is 14.1. The number of carbonyl (C=O) groups is 1. The maximum Gasteiger partial charge on any atom is 0.258 e. The van der Waals surface area contributed by atoms with Gasteiger partial charge in [0.05, 0.1) is 21.8 Å². The number of nitrogens with zero attached hydrogens (tertiary/aromatic N) is 2. The second kappa shape index (κ2) is 6.71. The molecule has 0 saturated carbocycles. The minimum Gasteiger partial charge on any atom is -0.298 e. The van der Waals surface area contributed by atoms with Crippen LogP contribution in [-0.2, 0) is 0 Å². The van der Waals surface area contributed by atoms with Crippen LogP contribution in [0.15, 0.2) is 42.6 Å². The summed E-state index contributed by atoms with van der Waals surface area (Å²) in [6.07, 6.45) is 1.72. The van der Waals surface area contributed by atoms with Crippen LogP contribution in [0.5, 0.6) is 0 Å². The average Bonchev–Trinajstić information content (AvgIpc) is 2.88. The van der Waals surface area contributed by atoms with E-state index in [-0.39, 0.29) is 11.7 Å². The van der Waals surface area contributed by atoms with Crippen LogP contribution >= 0.6 is 33.9 Å². The van der Waals surface area contributed by atoms with Crippen LogP contribution in [-0.4, -0.2) is 15.9 Å². The predicted octanol–water partition coefficient (Wildman–Crippen LogP) is 4.51. The molecule has 1 amide bonds. The lowest BCUT2D eigenvalue weighted by molar-refractivity contribution is 0.102. The van der Waals surface area contributed by atoms with Crippen molar-refractivity contribution < 1.29 is 9.18 Å². The predicted molar refractivity (Wildman–Crippen MR) is 97.2 cm³/mol. The standard InChI is InChI=1S/C16H11FIN3OS/c1-9-14(13-4-2-3-7-19-13)23-16(20-9)21-15(22)11-6-5-10(17)8-12(11)18/h2-8H,1H3,(H,20,21,22). The SMILES string of the molecule is Cc1nc(NC(=O)c2ccc(F)cc2I)sc1-c1ccccn1.